The van der Waals surface area contributed by atoms with E-state index in [9.17, 15) is 4.79 Å². The van der Waals surface area contributed by atoms with Gasteiger partial charge in [0.05, 0.1) is 0 Å². The Morgan fingerprint density at radius 3 is 2.76 bits per heavy atom. The molecule has 1 aromatic carbocycles. The molecule has 1 fully saturated rings. The maximum atomic E-state index is 12.3. The first-order valence-corrected chi connectivity index (χ1v) is 7.85. The van der Waals surface area contributed by atoms with Crippen LogP contribution in [0.1, 0.15) is 49.5 Å². The lowest BCUT2D eigenvalue weighted by Gasteiger charge is -2.28. The molecule has 0 unspecified atom stereocenters. The zero-order chi connectivity index (χ0) is 14.8. The predicted molar refractivity (Wildman–Crippen MR) is 86.2 cm³/mol. The molecule has 1 saturated carbocycles. The van der Waals surface area contributed by atoms with Crippen LogP contribution >= 0.6 is 0 Å². The standard InChI is InChI=1S/C17H23N3O/c1-2-11-3-6-14(7-4-11)19-17(21)16-10-12-9-13(18)5-8-15(12)20-16/h5,8-11,14,20H,2-4,6-7,18H2,1H3,(H,19,21). The van der Waals surface area contributed by atoms with Crippen LogP contribution in [-0.4, -0.2) is 16.9 Å². The lowest BCUT2D eigenvalue weighted by atomic mass is 9.84. The fraction of sp³-hybridized carbons (Fsp3) is 0.471. The number of nitrogens with two attached hydrogens (primary N) is 1. The Balaban J connectivity index is 1.67. The highest BCUT2D eigenvalue weighted by Gasteiger charge is 2.22. The van der Waals surface area contributed by atoms with Crippen molar-refractivity contribution in [3.63, 3.8) is 0 Å². The second kappa shape index (κ2) is 5.80. The first kappa shape index (κ1) is 14.0. The lowest BCUT2D eigenvalue weighted by molar-refractivity contribution is 0.0917. The minimum atomic E-state index is -0.00952. The van der Waals surface area contributed by atoms with E-state index in [4.69, 9.17) is 5.73 Å². The third kappa shape index (κ3) is 3.04. The van der Waals surface area contributed by atoms with Crippen LogP contribution in [0.15, 0.2) is 24.3 Å². The summed E-state index contributed by atoms with van der Waals surface area (Å²) in [6.07, 6.45) is 5.90. The normalized spacial score (nSPS) is 22.3. The van der Waals surface area contributed by atoms with Gasteiger partial charge in [-0.15, -0.1) is 0 Å². The molecule has 0 atom stereocenters. The summed E-state index contributed by atoms with van der Waals surface area (Å²) in [6, 6.07) is 7.82. The third-order valence-electron chi connectivity index (χ3n) is 4.65. The van der Waals surface area contributed by atoms with E-state index in [0.717, 1.165) is 29.7 Å². The highest BCUT2D eigenvalue weighted by atomic mass is 16.1. The summed E-state index contributed by atoms with van der Waals surface area (Å²) < 4.78 is 0. The van der Waals surface area contributed by atoms with Gasteiger partial charge < -0.3 is 16.0 Å². The smallest absolute Gasteiger partial charge is 0.267 e. The van der Waals surface area contributed by atoms with Crippen molar-refractivity contribution in [2.45, 2.75) is 45.1 Å². The van der Waals surface area contributed by atoms with Crippen molar-refractivity contribution in [3.8, 4) is 0 Å². The van der Waals surface area contributed by atoms with Gasteiger partial charge >= 0.3 is 0 Å². The number of carbonyl (C=O) groups is 1. The zero-order valence-corrected chi connectivity index (χ0v) is 12.5. The van der Waals surface area contributed by atoms with Crippen molar-refractivity contribution in [1.82, 2.24) is 10.3 Å². The van der Waals surface area contributed by atoms with Gasteiger partial charge in [-0.25, -0.2) is 0 Å². The minimum absolute atomic E-state index is 0.00952. The van der Waals surface area contributed by atoms with Crippen molar-refractivity contribution in [2.24, 2.45) is 5.92 Å². The van der Waals surface area contributed by atoms with Crippen LogP contribution in [0.25, 0.3) is 10.9 Å². The van der Waals surface area contributed by atoms with E-state index in [1.807, 2.05) is 24.3 Å². The van der Waals surface area contributed by atoms with Crippen LogP contribution in [0, 0.1) is 5.92 Å². The second-order valence-corrected chi connectivity index (χ2v) is 6.13. The number of nitrogen functional groups attached to an aromatic ring is 1. The van der Waals surface area contributed by atoms with Crippen LogP contribution < -0.4 is 11.1 Å². The van der Waals surface area contributed by atoms with E-state index in [1.165, 1.54) is 19.3 Å². The number of nitrogens with one attached hydrogen (secondary N) is 2. The number of benzene rings is 1. The van der Waals surface area contributed by atoms with Crippen LogP contribution in [-0.2, 0) is 0 Å². The number of carbonyl (C=O) groups excluding carboxylic acids is 1. The van der Waals surface area contributed by atoms with Gasteiger partial charge in [-0.3, -0.25) is 4.79 Å². The van der Waals surface area contributed by atoms with E-state index < -0.39 is 0 Å². The Morgan fingerprint density at radius 2 is 2.05 bits per heavy atom. The highest BCUT2D eigenvalue weighted by molar-refractivity contribution is 5.98. The van der Waals surface area contributed by atoms with Gasteiger partial charge in [0.15, 0.2) is 0 Å². The molecule has 0 bridgehead atoms. The summed E-state index contributed by atoms with van der Waals surface area (Å²) in [5.74, 6) is 0.832. The molecule has 0 spiro atoms. The molecule has 4 heteroatoms. The number of aromatic amines is 1. The van der Waals surface area contributed by atoms with Gasteiger partial charge in [0.2, 0.25) is 0 Å². The molecule has 4 N–H and O–H groups in total. The van der Waals surface area contributed by atoms with Crippen LogP contribution in [0.2, 0.25) is 0 Å². The number of rotatable bonds is 3. The van der Waals surface area contributed by atoms with E-state index in [-0.39, 0.29) is 5.91 Å². The van der Waals surface area contributed by atoms with Crippen molar-refractivity contribution in [2.75, 3.05) is 5.73 Å². The minimum Gasteiger partial charge on any atom is -0.399 e. The molecule has 2 aromatic rings. The topological polar surface area (TPSA) is 70.9 Å². The summed E-state index contributed by atoms with van der Waals surface area (Å²) in [5, 5.41) is 4.14. The maximum Gasteiger partial charge on any atom is 0.267 e. The number of hydrogen-bond donors (Lipinski definition) is 3. The molecule has 0 aliphatic heterocycles. The number of fused-ring (bicyclic) bond motifs is 1. The summed E-state index contributed by atoms with van der Waals surface area (Å²) >= 11 is 0. The van der Waals surface area contributed by atoms with Gasteiger partial charge in [-0.1, -0.05) is 13.3 Å². The van der Waals surface area contributed by atoms with Crippen molar-refractivity contribution < 1.29 is 4.79 Å². The van der Waals surface area contributed by atoms with Gasteiger partial charge in [0.1, 0.15) is 5.69 Å². The summed E-state index contributed by atoms with van der Waals surface area (Å²) in [7, 11) is 0. The number of anilines is 1. The number of amides is 1. The first-order valence-electron chi connectivity index (χ1n) is 7.85. The summed E-state index contributed by atoms with van der Waals surface area (Å²) in [6.45, 7) is 2.25. The highest BCUT2D eigenvalue weighted by Crippen LogP contribution is 2.26. The van der Waals surface area contributed by atoms with E-state index >= 15 is 0 Å². The van der Waals surface area contributed by atoms with Crippen molar-refractivity contribution in [1.29, 1.82) is 0 Å². The molecular formula is C17H23N3O. The van der Waals surface area contributed by atoms with E-state index in [2.05, 4.69) is 17.2 Å². The molecular weight excluding hydrogens is 262 g/mol. The molecule has 1 aliphatic rings. The molecule has 3 rings (SSSR count). The molecule has 1 aliphatic carbocycles. The molecule has 21 heavy (non-hydrogen) atoms. The van der Waals surface area contributed by atoms with E-state index in [1.54, 1.807) is 0 Å². The van der Waals surface area contributed by atoms with Crippen LogP contribution in [0.5, 0.6) is 0 Å². The Kier molecular flexibility index (Phi) is 3.86. The maximum absolute atomic E-state index is 12.3. The number of H-pyrrole nitrogens is 1. The lowest BCUT2D eigenvalue weighted by Crippen LogP contribution is -2.37. The Bertz CT molecular complexity index is 639. The Morgan fingerprint density at radius 1 is 1.29 bits per heavy atom. The zero-order valence-electron chi connectivity index (χ0n) is 12.5. The fourth-order valence-corrected chi connectivity index (χ4v) is 3.25. The average Bonchev–Trinajstić information content (AvgIpc) is 2.91. The fourth-order valence-electron chi connectivity index (χ4n) is 3.25. The molecule has 0 radical (unpaired) electrons. The second-order valence-electron chi connectivity index (χ2n) is 6.13. The average molecular weight is 285 g/mol. The van der Waals surface area contributed by atoms with Gasteiger partial charge in [0, 0.05) is 22.6 Å². The molecule has 1 amide bonds. The van der Waals surface area contributed by atoms with Gasteiger partial charge in [-0.05, 0) is 55.9 Å². The van der Waals surface area contributed by atoms with Crippen molar-refractivity contribution >= 4 is 22.5 Å². The Hall–Kier alpha value is -1.97. The monoisotopic (exact) mass is 285 g/mol. The number of hydrogen-bond acceptors (Lipinski definition) is 2. The summed E-state index contributed by atoms with van der Waals surface area (Å²) in [5.41, 5.74) is 8.05. The Labute approximate surface area is 125 Å². The van der Waals surface area contributed by atoms with Crippen molar-refractivity contribution in [3.05, 3.63) is 30.0 Å². The predicted octanol–water partition coefficient (Wildman–Crippen LogP) is 3.45. The first-order chi connectivity index (χ1) is 10.2. The molecule has 112 valence electrons. The molecule has 0 saturated heterocycles. The molecule has 1 aromatic heterocycles. The van der Waals surface area contributed by atoms with Crippen LogP contribution in [0.4, 0.5) is 5.69 Å². The van der Waals surface area contributed by atoms with Gasteiger partial charge in [0.25, 0.3) is 5.91 Å². The van der Waals surface area contributed by atoms with E-state index in [0.29, 0.717) is 17.4 Å². The molecule has 4 nitrogen and oxygen atoms in total. The largest absolute Gasteiger partial charge is 0.399 e. The SMILES string of the molecule is CCC1CCC(NC(=O)c2cc3cc(N)ccc3[nH]2)CC1. The third-order valence-corrected chi connectivity index (χ3v) is 4.65. The van der Waals surface area contributed by atoms with Crippen LogP contribution in [0.3, 0.4) is 0 Å². The molecule has 1 heterocycles. The summed E-state index contributed by atoms with van der Waals surface area (Å²) in [4.78, 5) is 15.5. The quantitative estimate of drug-likeness (QED) is 0.756. The van der Waals surface area contributed by atoms with Gasteiger partial charge in [-0.2, -0.15) is 0 Å². The number of aromatic nitrogens is 1.